The molecular weight excluding hydrogens is 282 g/mol. The number of nitrogens with one attached hydrogen (secondary N) is 1. The van der Waals surface area contributed by atoms with Crippen molar-refractivity contribution in [2.75, 3.05) is 0 Å². The highest BCUT2D eigenvalue weighted by Crippen LogP contribution is 2.16. The number of hydrogen-bond acceptors (Lipinski definition) is 4. The molecule has 1 unspecified atom stereocenters. The largest absolute Gasteiger partial charge is 0.346 e. The zero-order valence-electron chi connectivity index (χ0n) is 11.8. The van der Waals surface area contributed by atoms with E-state index in [-0.39, 0.29) is 17.6 Å². The van der Waals surface area contributed by atoms with Gasteiger partial charge in [0.2, 0.25) is 0 Å². The number of non-ortho nitro benzene ring substituents is 1. The third-order valence-corrected chi connectivity index (χ3v) is 3.23. The molecule has 1 amide bonds. The van der Waals surface area contributed by atoms with Gasteiger partial charge in [0.25, 0.3) is 11.6 Å². The summed E-state index contributed by atoms with van der Waals surface area (Å²) in [7, 11) is 0. The van der Waals surface area contributed by atoms with Crippen LogP contribution >= 0.6 is 0 Å². The predicted octanol–water partition coefficient (Wildman–Crippen LogP) is 2.96. The first kappa shape index (κ1) is 15.2. The van der Waals surface area contributed by atoms with E-state index >= 15 is 0 Å². The fraction of sp³-hybridized carbons (Fsp3) is 0.125. The Morgan fingerprint density at radius 3 is 2.27 bits per heavy atom. The maximum atomic E-state index is 12.1. The first-order valence-corrected chi connectivity index (χ1v) is 6.56. The Morgan fingerprint density at radius 1 is 1.18 bits per heavy atom. The number of amides is 1. The zero-order valence-corrected chi connectivity index (χ0v) is 11.8. The Balaban J connectivity index is 2.07. The van der Waals surface area contributed by atoms with Crippen molar-refractivity contribution in [1.82, 2.24) is 5.32 Å². The maximum Gasteiger partial charge on any atom is 0.269 e. The smallest absolute Gasteiger partial charge is 0.269 e. The Morgan fingerprint density at radius 2 is 1.77 bits per heavy atom. The molecular formula is C16H13N3O3. The van der Waals surface area contributed by atoms with Crippen molar-refractivity contribution >= 4 is 11.6 Å². The molecule has 1 atom stereocenters. The average molecular weight is 295 g/mol. The standard InChI is InChI=1S/C16H13N3O3/c1-11(13-4-2-12(10-17)3-5-13)18-16(20)14-6-8-15(9-7-14)19(21)22/h2-9,11H,1H3,(H,18,20). The van der Waals surface area contributed by atoms with Gasteiger partial charge in [-0.1, -0.05) is 12.1 Å². The number of hydrogen-bond donors (Lipinski definition) is 1. The molecule has 2 aromatic rings. The number of carbonyl (C=O) groups excluding carboxylic acids is 1. The zero-order chi connectivity index (χ0) is 16.1. The van der Waals surface area contributed by atoms with E-state index in [1.807, 2.05) is 13.0 Å². The van der Waals surface area contributed by atoms with Crippen molar-refractivity contribution in [2.45, 2.75) is 13.0 Å². The molecule has 0 aliphatic heterocycles. The first-order chi connectivity index (χ1) is 10.5. The molecule has 0 bridgehead atoms. The van der Waals surface area contributed by atoms with Gasteiger partial charge in [0.1, 0.15) is 0 Å². The lowest BCUT2D eigenvalue weighted by atomic mass is 10.1. The van der Waals surface area contributed by atoms with Crippen LogP contribution in [-0.4, -0.2) is 10.8 Å². The number of nitro benzene ring substituents is 1. The van der Waals surface area contributed by atoms with Gasteiger partial charge in [-0.05, 0) is 36.8 Å². The Kier molecular flexibility index (Phi) is 4.49. The summed E-state index contributed by atoms with van der Waals surface area (Å²) in [6, 6.07) is 14.1. The number of nitrogens with zero attached hydrogens (tertiary/aromatic N) is 2. The summed E-state index contributed by atoms with van der Waals surface area (Å²) in [6.45, 7) is 1.82. The van der Waals surface area contributed by atoms with Crippen molar-refractivity contribution in [2.24, 2.45) is 0 Å². The molecule has 0 heterocycles. The van der Waals surface area contributed by atoms with E-state index in [0.29, 0.717) is 11.1 Å². The van der Waals surface area contributed by atoms with Crippen molar-refractivity contribution in [3.05, 3.63) is 75.3 Å². The predicted molar refractivity (Wildman–Crippen MR) is 80.1 cm³/mol. The van der Waals surface area contributed by atoms with E-state index in [2.05, 4.69) is 5.32 Å². The van der Waals surface area contributed by atoms with Crippen molar-refractivity contribution in [1.29, 1.82) is 5.26 Å². The van der Waals surface area contributed by atoms with Gasteiger partial charge in [-0.25, -0.2) is 0 Å². The summed E-state index contributed by atoms with van der Waals surface area (Å²) < 4.78 is 0. The SMILES string of the molecule is CC(NC(=O)c1ccc([N+](=O)[O-])cc1)c1ccc(C#N)cc1. The molecule has 6 heteroatoms. The molecule has 0 aliphatic rings. The minimum atomic E-state index is -0.513. The number of carbonyl (C=O) groups is 1. The van der Waals surface area contributed by atoms with Crippen molar-refractivity contribution < 1.29 is 9.72 Å². The van der Waals surface area contributed by atoms with E-state index in [0.717, 1.165) is 5.56 Å². The van der Waals surface area contributed by atoms with Gasteiger partial charge < -0.3 is 5.32 Å². The van der Waals surface area contributed by atoms with Crippen LogP contribution in [0, 0.1) is 21.4 Å². The lowest BCUT2D eigenvalue weighted by Gasteiger charge is -2.14. The molecule has 0 saturated heterocycles. The highest BCUT2D eigenvalue weighted by molar-refractivity contribution is 5.94. The topological polar surface area (TPSA) is 96.0 Å². The van der Waals surface area contributed by atoms with Crippen molar-refractivity contribution in [3.8, 4) is 6.07 Å². The fourth-order valence-electron chi connectivity index (χ4n) is 1.94. The summed E-state index contributed by atoms with van der Waals surface area (Å²) in [6.07, 6.45) is 0. The van der Waals surface area contributed by atoms with Gasteiger partial charge in [0, 0.05) is 17.7 Å². The quantitative estimate of drug-likeness (QED) is 0.692. The number of rotatable bonds is 4. The second-order valence-electron chi connectivity index (χ2n) is 4.73. The summed E-state index contributed by atoms with van der Waals surface area (Å²) in [5.41, 5.74) is 1.72. The minimum absolute atomic E-state index is 0.0586. The van der Waals surface area contributed by atoms with E-state index in [4.69, 9.17) is 5.26 Å². The summed E-state index contributed by atoms with van der Waals surface area (Å²) in [5, 5.41) is 22.1. The molecule has 2 rings (SSSR count). The molecule has 6 nitrogen and oxygen atoms in total. The third-order valence-electron chi connectivity index (χ3n) is 3.23. The minimum Gasteiger partial charge on any atom is -0.346 e. The lowest BCUT2D eigenvalue weighted by Crippen LogP contribution is -2.26. The molecule has 0 aliphatic carbocycles. The maximum absolute atomic E-state index is 12.1. The van der Waals surface area contributed by atoms with Crippen LogP contribution in [0.25, 0.3) is 0 Å². The van der Waals surface area contributed by atoms with E-state index in [1.54, 1.807) is 24.3 Å². The number of nitriles is 1. The normalized spacial score (nSPS) is 11.3. The second kappa shape index (κ2) is 6.50. The average Bonchev–Trinajstić information content (AvgIpc) is 2.54. The highest BCUT2D eigenvalue weighted by Gasteiger charge is 2.13. The van der Waals surface area contributed by atoms with Crippen LogP contribution in [-0.2, 0) is 0 Å². The molecule has 0 spiro atoms. The summed E-state index contributed by atoms with van der Waals surface area (Å²) in [5.74, 6) is -0.313. The van der Waals surface area contributed by atoms with Crippen LogP contribution in [0.1, 0.15) is 34.5 Å². The summed E-state index contributed by atoms with van der Waals surface area (Å²) >= 11 is 0. The molecule has 1 N–H and O–H groups in total. The second-order valence-corrected chi connectivity index (χ2v) is 4.73. The Labute approximate surface area is 127 Å². The summed E-state index contributed by atoms with van der Waals surface area (Å²) in [4.78, 5) is 22.2. The van der Waals surface area contributed by atoms with Crippen LogP contribution < -0.4 is 5.32 Å². The lowest BCUT2D eigenvalue weighted by molar-refractivity contribution is -0.384. The molecule has 2 aromatic carbocycles. The van der Waals surface area contributed by atoms with Gasteiger partial charge in [0.05, 0.1) is 22.6 Å². The molecule has 0 fully saturated rings. The van der Waals surface area contributed by atoms with E-state index in [1.165, 1.54) is 24.3 Å². The van der Waals surface area contributed by atoms with Crippen LogP contribution in [0.15, 0.2) is 48.5 Å². The van der Waals surface area contributed by atoms with Crippen LogP contribution in [0.4, 0.5) is 5.69 Å². The molecule has 0 saturated carbocycles. The third kappa shape index (κ3) is 3.46. The fourth-order valence-corrected chi connectivity index (χ4v) is 1.94. The number of benzene rings is 2. The highest BCUT2D eigenvalue weighted by atomic mass is 16.6. The van der Waals surface area contributed by atoms with E-state index in [9.17, 15) is 14.9 Å². The molecule has 0 aromatic heterocycles. The van der Waals surface area contributed by atoms with Crippen LogP contribution in [0.3, 0.4) is 0 Å². The van der Waals surface area contributed by atoms with Crippen LogP contribution in [0.2, 0.25) is 0 Å². The van der Waals surface area contributed by atoms with Crippen molar-refractivity contribution in [3.63, 3.8) is 0 Å². The monoisotopic (exact) mass is 295 g/mol. The number of nitro groups is 1. The first-order valence-electron chi connectivity index (χ1n) is 6.56. The van der Waals surface area contributed by atoms with Gasteiger partial charge >= 0.3 is 0 Å². The van der Waals surface area contributed by atoms with Gasteiger partial charge in [-0.2, -0.15) is 5.26 Å². The molecule has 110 valence electrons. The Bertz CT molecular complexity index is 731. The van der Waals surface area contributed by atoms with E-state index < -0.39 is 4.92 Å². The van der Waals surface area contributed by atoms with Gasteiger partial charge in [-0.15, -0.1) is 0 Å². The molecule has 22 heavy (non-hydrogen) atoms. The Hall–Kier alpha value is -3.20. The van der Waals surface area contributed by atoms with Crippen LogP contribution in [0.5, 0.6) is 0 Å². The van der Waals surface area contributed by atoms with Gasteiger partial charge in [-0.3, -0.25) is 14.9 Å². The molecule has 0 radical (unpaired) electrons. The van der Waals surface area contributed by atoms with Gasteiger partial charge in [0.15, 0.2) is 0 Å².